The minimum Gasteiger partial charge on any atom is -0.338 e. The van der Waals surface area contributed by atoms with E-state index in [0.29, 0.717) is 35.5 Å². The molecular formula is C45H35N5. The first-order valence-electron chi connectivity index (χ1n) is 17.6. The highest BCUT2D eigenvalue weighted by atomic mass is 15.2. The van der Waals surface area contributed by atoms with Gasteiger partial charge in [-0.25, -0.2) is 4.98 Å². The summed E-state index contributed by atoms with van der Waals surface area (Å²) in [7, 11) is 0. The molecule has 2 aromatic heterocycles. The molecule has 0 spiro atoms. The van der Waals surface area contributed by atoms with E-state index in [-0.39, 0.29) is 0 Å². The fourth-order valence-electron chi connectivity index (χ4n) is 8.58. The number of fused-ring (bicyclic) bond motifs is 6. The molecule has 1 fully saturated rings. The zero-order chi connectivity index (χ0) is 33.0. The molecule has 1 aliphatic carbocycles. The molecule has 1 aliphatic heterocycles. The summed E-state index contributed by atoms with van der Waals surface area (Å²) in [5, 5.41) is 2.45. The van der Waals surface area contributed by atoms with Crippen LogP contribution in [0.1, 0.15) is 42.2 Å². The SMILES string of the molecule is c1ccc(-c2nc(-c3ccccc3)nc(-n3c4ccccc4c4cc(C5CCC6C(C5)c5ccccc5N6c5ccccc5)ccc43)n2)cc1. The van der Waals surface area contributed by atoms with Crippen LogP contribution in [-0.4, -0.2) is 25.6 Å². The summed E-state index contributed by atoms with van der Waals surface area (Å²) in [6, 6.07) is 56.6. The average Bonchev–Trinajstić information content (AvgIpc) is 3.71. The van der Waals surface area contributed by atoms with Crippen molar-refractivity contribution in [1.82, 2.24) is 19.5 Å². The smallest absolute Gasteiger partial charge is 0.238 e. The summed E-state index contributed by atoms with van der Waals surface area (Å²) in [6.07, 6.45) is 3.47. The second-order valence-corrected chi connectivity index (χ2v) is 13.6. The highest BCUT2D eigenvalue weighted by Crippen LogP contribution is 2.54. The van der Waals surface area contributed by atoms with Crippen LogP contribution in [0.5, 0.6) is 0 Å². The van der Waals surface area contributed by atoms with Crippen LogP contribution in [-0.2, 0) is 0 Å². The highest BCUT2D eigenvalue weighted by Gasteiger charge is 2.43. The van der Waals surface area contributed by atoms with Crippen molar-refractivity contribution in [2.45, 2.75) is 37.1 Å². The van der Waals surface area contributed by atoms with Crippen molar-refractivity contribution in [2.75, 3.05) is 4.90 Å². The largest absolute Gasteiger partial charge is 0.338 e. The fourth-order valence-corrected chi connectivity index (χ4v) is 8.58. The van der Waals surface area contributed by atoms with Gasteiger partial charge in [-0.3, -0.25) is 4.57 Å². The molecule has 2 aliphatic rings. The first kappa shape index (κ1) is 28.9. The van der Waals surface area contributed by atoms with Crippen LogP contribution < -0.4 is 4.90 Å². The van der Waals surface area contributed by atoms with Crippen molar-refractivity contribution in [3.63, 3.8) is 0 Å². The molecule has 0 radical (unpaired) electrons. The molecule has 10 rings (SSSR count). The Hall–Kier alpha value is -6.07. The van der Waals surface area contributed by atoms with Gasteiger partial charge in [0.15, 0.2) is 11.6 Å². The van der Waals surface area contributed by atoms with Crippen molar-refractivity contribution < 1.29 is 0 Å². The Balaban J connectivity index is 1.07. The van der Waals surface area contributed by atoms with Crippen LogP contribution in [0.3, 0.4) is 0 Å². The van der Waals surface area contributed by atoms with E-state index in [1.807, 2.05) is 36.4 Å². The molecule has 50 heavy (non-hydrogen) atoms. The number of para-hydroxylation sites is 3. The minimum atomic E-state index is 0.484. The van der Waals surface area contributed by atoms with E-state index in [1.54, 1.807) is 0 Å². The molecule has 0 saturated heterocycles. The van der Waals surface area contributed by atoms with Gasteiger partial charge in [0.2, 0.25) is 5.95 Å². The lowest BCUT2D eigenvalue weighted by Crippen LogP contribution is -2.34. The second-order valence-electron chi connectivity index (χ2n) is 13.6. The molecule has 5 heteroatoms. The average molecular weight is 646 g/mol. The van der Waals surface area contributed by atoms with E-state index < -0.39 is 0 Å². The predicted octanol–water partition coefficient (Wildman–Crippen LogP) is 10.9. The molecule has 1 saturated carbocycles. The molecule has 0 N–H and O–H groups in total. The van der Waals surface area contributed by atoms with E-state index >= 15 is 0 Å². The summed E-state index contributed by atoms with van der Waals surface area (Å²) in [6.45, 7) is 0. The lowest BCUT2D eigenvalue weighted by Gasteiger charge is -2.37. The van der Waals surface area contributed by atoms with Crippen LogP contribution in [0, 0.1) is 0 Å². The number of anilines is 2. The van der Waals surface area contributed by atoms with Gasteiger partial charge < -0.3 is 4.90 Å². The molecule has 0 bridgehead atoms. The zero-order valence-corrected chi connectivity index (χ0v) is 27.6. The normalized spacial score (nSPS) is 18.3. The highest BCUT2D eigenvalue weighted by molar-refractivity contribution is 6.09. The Morgan fingerprint density at radius 3 is 1.88 bits per heavy atom. The monoisotopic (exact) mass is 645 g/mol. The minimum absolute atomic E-state index is 0.484. The number of hydrogen-bond donors (Lipinski definition) is 0. The maximum absolute atomic E-state index is 5.11. The maximum Gasteiger partial charge on any atom is 0.238 e. The molecule has 3 heterocycles. The van der Waals surface area contributed by atoms with Gasteiger partial charge in [0, 0.05) is 45.2 Å². The van der Waals surface area contributed by atoms with Crippen LogP contribution >= 0.6 is 0 Å². The van der Waals surface area contributed by atoms with Gasteiger partial charge >= 0.3 is 0 Å². The topological polar surface area (TPSA) is 46.8 Å². The van der Waals surface area contributed by atoms with E-state index in [2.05, 4.69) is 131 Å². The lowest BCUT2D eigenvalue weighted by molar-refractivity contribution is 0.361. The second kappa shape index (κ2) is 11.8. The third-order valence-electron chi connectivity index (χ3n) is 10.8. The van der Waals surface area contributed by atoms with E-state index in [4.69, 9.17) is 15.0 Å². The number of aromatic nitrogens is 4. The quantitative estimate of drug-likeness (QED) is 0.187. The van der Waals surface area contributed by atoms with Gasteiger partial charge in [-0.15, -0.1) is 0 Å². The van der Waals surface area contributed by atoms with Gasteiger partial charge in [0.25, 0.3) is 0 Å². The lowest BCUT2D eigenvalue weighted by atomic mass is 9.74. The van der Waals surface area contributed by atoms with Crippen molar-refractivity contribution in [1.29, 1.82) is 0 Å². The van der Waals surface area contributed by atoms with Crippen molar-refractivity contribution in [2.24, 2.45) is 0 Å². The van der Waals surface area contributed by atoms with Crippen molar-refractivity contribution in [3.8, 4) is 28.7 Å². The predicted molar refractivity (Wildman–Crippen MR) is 203 cm³/mol. The van der Waals surface area contributed by atoms with E-state index in [1.165, 1.54) is 33.3 Å². The Kier molecular flexibility index (Phi) is 6.83. The van der Waals surface area contributed by atoms with Gasteiger partial charge in [0.1, 0.15) is 0 Å². The number of rotatable bonds is 5. The maximum atomic E-state index is 5.11. The molecule has 3 unspecified atom stereocenters. The summed E-state index contributed by atoms with van der Waals surface area (Å²) in [5.41, 5.74) is 9.70. The first-order valence-corrected chi connectivity index (χ1v) is 17.6. The first-order chi connectivity index (χ1) is 24.8. The van der Waals surface area contributed by atoms with Gasteiger partial charge in [0.05, 0.1) is 11.0 Å². The van der Waals surface area contributed by atoms with Gasteiger partial charge in [-0.05, 0) is 72.7 Å². The summed E-state index contributed by atoms with van der Waals surface area (Å²) in [4.78, 5) is 17.8. The number of nitrogens with zero attached hydrogens (tertiary/aromatic N) is 5. The summed E-state index contributed by atoms with van der Waals surface area (Å²) >= 11 is 0. The molecule has 0 amide bonds. The Labute approximate surface area is 291 Å². The zero-order valence-electron chi connectivity index (χ0n) is 27.6. The molecule has 8 aromatic rings. The van der Waals surface area contributed by atoms with Gasteiger partial charge in [-0.2, -0.15) is 9.97 Å². The number of hydrogen-bond acceptors (Lipinski definition) is 4. The number of benzene rings is 6. The van der Waals surface area contributed by atoms with E-state index in [0.717, 1.165) is 41.4 Å². The molecule has 240 valence electrons. The summed E-state index contributed by atoms with van der Waals surface area (Å²) in [5.74, 6) is 2.93. The van der Waals surface area contributed by atoms with Crippen molar-refractivity contribution in [3.05, 3.63) is 169 Å². The van der Waals surface area contributed by atoms with Crippen LogP contribution in [0.15, 0.2) is 158 Å². The third-order valence-corrected chi connectivity index (χ3v) is 10.8. The van der Waals surface area contributed by atoms with E-state index in [9.17, 15) is 0 Å². The molecular weight excluding hydrogens is 611 g/mol. The van der Waals surface area contributed by atoms with Crippen LogP contribution in [0.2, 0.25) is 0 Å². The van der Waals surface area contributed by atoms with Crippen molar-refractivity contribution >= 4 is 33.2 Å². The Bertz CT molecular complexity index is 2430. The summed E-state index contributed by atoms with van der Waals surface area (Å²) < 4.78 is 2.22. The fraction of sp³-hybridized carbons (Fsp3) is 0.133. The van der Waals surface area contributed by atoms with Gasteiger partial charge in [-0.1, -0.05) is 121 Å². The molecule has 6 aromatic carbocycles. The van der Waals surface area contributed by atoms with Crippen LogP contribution in [0.4, 0.5) is 11.4 Å². The van der Waals surface area contributed by atoms with Crippen LogP contribution in [0.25, 0.3) is 50.5 Å². The Morgan fingerprint density at radius 2 is 1.14 bits per heavy atom. The molecule has 3 atom stereocenters. The third kappa shape index (κ3) is 4.72. The Morgan fingerprint density at radius 1 is 0.520 bits per heavy atom. The standard InChI is InChI=1S/C45H35N5/c1-4-14-30(15-5-1)43-46-44(31-16-6-2-7-17-31)48-45(47-43)50-40-23-13-11-21-36(40)38-29-33(25-27-42(38)50)32-24-26-41-37(28-32)35-20-10-12-22-39(35)49(41)34-18-8-3-9-19-34/h1-23,25,27,29,32,37,41H,24,26,28H2. The molecule has 5 nitrogen and oxygen atoms in total.